The second-order valence-corrected chi connectivity index (χ2v) is 4.70. The fourth-order valence-corrected chi connectivity index (χ4v) is 2.15. The van der Waals surface area contributed by atoms with E-state index >= 15 is 0 Å². The Kier molecular flexibility index (Phi) is 6.24. The molecule has 18 heavy (non-hydrogen) atoms. The third-order valence-electron chi connectivity index (χ3n) is 2.45. The van der Waals surface area contributed by atoms with E-state index in [2.05, 4.69) is 21.2 Å². The van der Waals surface area contributed by atoms with E-state index in [0.717, 1.165) is 5.56 Å². The molecular formula is C12H17BrN2O3. The predicted molar refractivity (Wildman–Crippen MR) is 73.6 cm³/mol. The van der Waals surface area contributed by atoms with Gasteiger partial charge >= 0.3 is 0 Å². The van der Waals surface area contributed by atoms with Gasteiger partial charge in [0.25, 0.3) is 5.69 Å². The van der Waals surface area contributed by atoms with Crippen molar-refractivity contribution in [2.24, 2.45) is 0 Å². The topological polar surface area (TPSA) is 64.4 Å². The second-order valence-electron chi connectivity index (χ2n) is 3.90. The summed E-state index contributed by atoms with van der Waals surface area (Å²) in [4.78, 5) is 10.4. The molecule has 0 amide bonds. The van der Waals surface area contributed by atoms with Crippen molar-refractivity contribution in [3.05, 3.63) is 38.3 Å². The minimum atomic E-state index is -0.392. The van der Waals surface area contributed by atoms with E-state index < -0.39 is 4.92 Å². The molecule has 0 saturated carbocycles. The molecule has 1 N–H and O–H groups in total. The van der Waals surface area contributed by atoms with Gasteiger partial charge in [-0.2, -0.15) is 0 Å². The van der Waals surface area contributed by atoms with Gasteiger partial charge in [0.1, 0.15) is 0 Å². The summed E-state index contributed by atoms with van der Waals surface area (Å²) in [5.74, 6) is 0. The highest BCUT2D eigenvalue weighted by atomic mass is 79.9. The molecule has 1 rings (SSSR count). The predicted octanol–water partition coefficient (Wildman–Crippen LogP) is 2.87. The number of nitro groups is 1. The van der Waals surface area contributed by atoms with Gasteiger partial charge in [0.2, 0.25) is 0 Å². The molecule has 0 aliphatic heterocycles. The van der Waals surface area contributed by atoms with E-state index in [4.69, 9.17) is 4.74 Å². The third-order valence-corrected chi connectivity index (χ3v) is 3.37. The van der Waals surface area contributed by atoms with E-state index in [1.54, 1.807) is 6.07 Å². The lowest BCUT2D eigenvalue weighted by molar-refractivity contribution is -0.385. The number of hydrogen-bond acceptors (Lipinski definition) is 4. The Morgan fingerprint density at radius 1 is 1.56 bits per heavy atom. The standard InChI is InChI=1S/C12H17BrN2O3/c1-3-18-9(2)7-14-8-10-5-4-6-11(12(10)13)15(16)17/h4-6,9,14H,3,7-8H2,1-2H3. The van der Waals surface area contributed by atoms with Gasteiger partial charge in [0.05, 0.1) is 15.5 Å². The number of rotatable bonds is 7. The lowest BCUT2D eigenvalue weighted by Crippen LogP contribution is -2.26. The van der Waals surface area contributed by atoms with E-state index in [-0.39, 0.29) is 11.8 Å². The van der Waals surface area contributed by atoms with Crippen LogP contribution in [-0.4, -0.2) is 24.2 Å². The number of nitro benzene ring substituents is 1. The van der Waals surface area contributed by atoms with E-state index in [0.29, 0.717) is 24.2 Å². The second kappa shape index (κ2) is 7.45. The summed E-state index contributed by atoms with van der Waals surface area (Å²) in [6.07, 6.45) is 0.132. The van der Waals surface area contributed by atoms with Crippen LogP contribution in [0.25, 0.3) is 0 Å². The average Bonchev–Trinajstić information content (AvgIpc) is 2.31. The Hall–Kier alpha value is -0.980. The van der Waals surface area contributed by atoms with Crippen molar-refractivity contribution < 1.29 is 9.66 Å². The van der Waals surface area contributed by atoms with Gasteiger partial charge in [0.15, 0.2) is 0 Å². The lowest BCUT2D eigenvalue weighted by atomic mass is 10.2. The van der Waals surface area contributed by atoms with Gasteiger partial charge < -0.3 is 10.1 Å². The molecule has 1 atom stereocenters. The van der Waals surface area contributed by atoms with Gasteiger partial charge in [0, 0.05) is 25.8 Å². The van der Waals surface area contributed by atoms with Gasteiger partial charge in [-0.1, -0.05) is 12.1 Å². The quantitative estimate of drug-likeness (QED) is 0.620. The van der Waals surface area contributed by atoms with Crippen LogP contribution in [0, 0.1) is 10.1 Å². The summed E-state index contributed by atoms with van der Waals surface area (Å²) in [6.45, 7) is 5.90. The van der Waals surface area contributed by atoms with Gasteiger partial charge in [-0.3, -0.25) is 10.1 Å². The Morgan fingerprint density at radius 3 is 2.89 bits per heavy atom. The number of halogens is 1. The SMILES string of the molecule is CCOC(C)CNCc1cccc([N+](=O)[O-])c1Br. The number of nitrogens with zero attached hydrogens (tertiary/aromatic N) is 1. The monoisotopic (exact) mass is 316 g/mol. The van der Waals surface area contributed by atoms with Crippen LogP contribution in [-0.2, 0) is 11.3 Å². The highest BCUT2D eigenvalue weighted by Crippen LogP contribution is 2.27. The molecule has 1 aromatic rings. The summed E-state index contributed by atoms with van der Waals surface area (Å²) < 4.78 is 5.92. The minimum absolute atomic E-state index is 0.0900. The number of hydrogen-bond donors (Lipinski definition) is 1. The summed E-state index contributed by atoms with van der Waals surface area (Å²) >= 11 is 3.27. The van der Waals surface area contributed by atoms with Gasteiger partial charge in [-0.15, -0.1) is 0 Å². The van der Waals surface area contributed by atoms with E-state index in [1.165, 1.54) is 6.07 Å². The summed E-state index contributed by atoms with van der Waals surface area (Å²) in [7, 11) is 0. The first kappa shape index (κ1) is 15.1. The zero-order valence-electron chi connectivity index (χ0n) is 10.5. The zero-order chi connectivity index (χ0) is 13.5. The molecule has 0 bridgehead atoms. The molecule has 100 valence electrons. The molecule has 0 radical (unpaired) electrons. The van der Waals surface area contributed by atoms with Crippen LogP contribution in [0.3, 0.4) is 0 Å². The molecule has 6 heteroatoms. The number of ether oxygens (including phenoxy) is 1. The van der Waals surface area contributed by atoms with E-state index in [9.17, 15) is 10.1 Å². The molecule has 1 unspecified atom stereocenters. The molecule has 1 aromatic carbocycles. The molecule has 0 aliphatic carbocycles. The van der Waals surface area contributed by atoms with Crippen LogP contribution >= 0.6 is 15.9 Å². The average molecular weight is 317 g/mol. The molecule has 0 heterocycles. The minimum Gasteiger partial charge on any atom is -0.377 e. The first-order valence-corrected chi connectivity index (χ1v) is 6.59. The Balaban J connectivity index is 2.57. The van der Waals surface area contributed by atoms with Crippen molar-refractivity contribution in [2.75, 3.05) is 13.2 Å². The summed E-state index contributed by atoms with van der Waals surface area (Å²) in [5, 5.41) is 14.0. The normalized spacial score (nSPS) is 12.4. The maximum atomic E-state index is 10.8. The van der Waals surface area contributed by atoms with Crippen molar-refractivity contribution in [3.63, 3.8) is 0 Å². The zero-order valence-corrected chi connectivity index (χ0v) is 12.1. The van der Waals surface area contributed by atoms with Crippen molar-refractivity contribution in [3.8, 4) is 0 Å². The molecule has 0 saturated heterocycles. The van der Waals surface area contributed by atoms with E-state index in [1.807, 2.05) is 19.9 Å². The van der Waals surface area contributed by atoms with Crippen molar-refractivity contribution in [1.29, 1.82) is 0 Å². The van der Waals surface area contributed by atoms with Crippen LogP contribution in [0.1, 0.15) is 19.4 Å². The Morgan fingerprint density at radius 2 is 2.28 bits per heavy atom. The molecule has 5 nitrogen and oxygen atoms in total. The Bertz CT molecular complexity index is 412. The fourth-order valence-electron chi connectivity index (χ4n) is 1.60. The van der Waals surface area contributed by atoms with Crippen LogP contribution in [0.2, 0.25) is 0 Å². The highest BCUT2D eigenvalue weighted by Gasteiger charge is 2.14. The maximum Gasteiger partial charge on any atom is 0.283 e. The van der Waals surface area contributed by atoms with Crippen LogP contribution in [0.15, 0.2) is 22.7 Å². The van der Waals surface area contributed by atoms with Crippen LogP contribution in [0.5, 0.6) is 0 Å². The van der Waals surface area contributed by atoms with Crippen molar-refractivity contribution in [2.45, 2.75) is 26.5 Å². The summed E-state index contributed by atoms with van der Waals surface area (Å²) in [6, 6.07) is 5.03. The molecular weight excluding hydrogens is 300 g/mol. The summed E-state index contributed by atoms with van der Waals surface area (Å²) in [5.41, 5.74) is 0.958. The number of benzene rings is 1. The first-order chi connectivity index (χ1) is 8.56. The molecule has 0 fully saturated rings. The van der Waals surface area contributed by atoms with Crippen molar-refractivity contribution in [1.82, 2.24) is 5.32 Å². The lowest BCUT2D eigenvalue weighted by Gasteiger charge is -2.13. The fraction of sp³-hybridized carbons (Fsp3) is 0.500. The maximum absolute atomic E-state index is 10.8. The van der Waals surface area contributed by atoms with Crippen LogP contribution < -0.4 is 5.32 Å². The van der Waals surface area contributed by atoms with Gasteiger partial charge in [-0.05, 0) is 35.3 Å². The van der Waals surface area contributed by atoms with Gasteiger partial charge in [-0.25, -0.2) is 0 Å². The van der Waals surface area contributed by atoms with Crippen LogP contribution in [0.4, 0.5) is 5.69 Å². The largest absolute Gasteiger partial charge is 0.377 e. The molecule has 0 spiro atoms. The van der Waals surface area contributed by atoms with Crippen molar-refractivity contribution >= 4 is 21.6 Å². The number of nitrogens with one attached hydrogen (secondary N) is 1. The Labute approximate surface area is 115 Å². The third kappa shape index (κ3) is 4.36. The first-order valence-electron chi connectivity index (χ1n) is 5.80. The highest BCUT2D eigenvalue weighted by molar-refractivity contribution is 9.10. The molecule has 0 aliphatic rings. The smallest absolute Gasteiger partial charge is 0.283 e. The molecule has 0 aromatic heterocycles.